The monoisotopic (exact) mass is 294 g/mol. The molecule has 2 heterocycles. The van der Waals surface area contributed by atoms with Crippen LogP contribution in [0.2, 0.25) is 0 Å². The Morgan fingerprint density at radius 3 is 2.86 bits per heavy atom. The smallest absolute Gasteiger partial charge is 0.0650 e. The SMILES string of the molecule is CCC(C)n1ccc(CC(O)CC2CN(C)CCN2C)n1. The summed E-state index contributed by atoms with van der Waals surface area (Å²) in [7, 11) is 4.31. The van der Waals surface area contributed by atoms with Crippen LogP contribution in [0.5, 0.6) is 0 Å². The summed E-state index contributed by atoms with van der Waals surface area (Å²) >= 11 is 0. The van der Waals surface area contributed by atoms with Crippen molar-refractivity contribution in [2.24, 2.45) is 0 Å². The fraction of sp³-hybridized carbons (Fsp3) is 0.812. The molecular weight excluding hydrogens is 264 g/mol. The van der Waals surface area contributed by atoms with Gasteiger partial charge in [-0.25, -0.2) is 0 Å². The molecule has 1 aliphatic rings. The average molecular weight is 294 g/mol. The Kier molecular flexibility index (Phi) is 5.79. The van der Waals surface area contributed by atoms with Gasteiger partial charge >= 0.3 is 0 Å². The summed E-state index contributed by atoms with van der Waals surface area (Å²) in [5, 5.41) is 15.0. The first kappa shape index (κ1) is 16.5. The summed E-state index contributed by atoms with van der Waals surface area (Å²) in [6.07, 6.45) is 4.25. The lowest BCUT2D eigenvalue weighted by Crippen LogP contribution is -2.51. The fourth-order valence-corrected chi connectivity index (χ4v) is 2.91. The van der Waals surface area contributed by atoms with Crippen LogP contribution < -0.4 is 0 Å². The maximum Gasteiger partial charge on any atom is 0.0650 e. The van der Waals surface area contributed by atoms with E-state index in [-0.39, 0.29) is 6.10 Å². The lowest BCUT2D eigenvalue weighted by Gasteiger charge is -2.38. The summed E-state index contributed by atoms with van der Waals surface area (Å²) in [6, 6.07) is 2.90. The predicted molar refractivity (Wildman–Crippen MR) is 85.5 cm³/mol. The third-order valence-corrected chi connectivity index (χ3v) is 4.68. The number of nitrogens with zero attached hydrogens (tertiary/aromatic N) is 4. The van der Waals surface area contributed by atoms with E-state index in [0.717, 1.165) is 38.2 Å². The van der Waals surface area contributed by atoms with Crippen LogP contribution in [-0.2, 0) is 6.42 Å². The minimum absolute atomic E-state index is 0.316. The molecule has 2 rings (SSSR count). The van der Waals surface area contributed by atoms with Gasteiger partial charge in [0.1, 0.15) is 0 Å². The van der Waals surface area contributed by atoms with Crippen molar-refractivity contribution < 1.29 is 5.11 Å². The van der Waals surface area contributed by atoms with Crippen LogP contribution in [-0.4, -0.2) is 70.6 Å². The van der Waals surface area contributed by atoms with Crippen molar-refractivity contribution in [2.75, 3.05) is 33.7 Å². The number of aliphatic hydroxyl groups is 1. The molecule has 1 N–H and O–H groups in total. The van der Waals surface area contributed by atoms with Crippen molar-refractivity contribution in [1.82, 2.24) is 19.6 Å². The van der Waals surface area contributed by atoms with Gasteiger partial charge in [-0.15, -0.1) is 0 Å². The minimum Gasteiger partial charge on any atom is -0.393 e. The summed E-state index contributed by atoms with van der Waals surface area (Å²) in [5.41, 5.74) is 0.995. The van der Waals surface area contributed by atoms with Crippen molar-refractivity contribution in [3.63, 3.8) is 0 Å². The van der Waals surface area contributed by atoms with E-state index in [1.165, 1.54) is 0 Å². The highest BCUT2D eigenvalue weighted by atomic mass is 16.3. The van der Waals surface area contributed by atoms with Gasteiger partial charge in [0.15, 0.2) is 0 Å². The topological polar surface area (TPSA) is 44.5 Å². The van der Waals surface area contributed by atoms with Gasteiger partial charge in [-0.2, -0.15) is 5.10 Å². The van der Waals surface area contributed by atoms with Crippen LogP contribution in [0, 0.1) is 0 Å². The molecule has 1 aliphatic heterocycles. The highest BCUT2D eigenvalue weighted by Gasteiger charge is 2.24. The molecule has 1 fully saturated rings. The Hall–Kier alpha value is -0.910. The second-order valence-electron chi connectivity index (χ2n) is 6.53. The molecule has 3 unspecified atom stereocenters. The normalized spacial score (nSPS) is 24.1. The summed E-state index contributed by atoms with van der Waals surface area (Å²) in [4.78, 5) is 4.70. The maximum atomic E-state index is 10.4. The largest absolute Gasteiger partial charge is 0.393 e. The summed E-state index contributed by atoms with van der Waals surface area (Å²) < 4.78 is 2.00. The first-order valence-corrected chi connectivity index (χ1v) is 8.10. The van der Waals surface area contributed by atoms with E-state index in [1.54, 1.807) is 0 Å². The minimum atomic E-state index is -0.316. The van der Waals surface area contributed by atoms with Crippen LogP contribution >= 0.6 is 0 Å². The van der Waals surface area contributed by atoms with Gasteiger partial charge in [0, 0.05) is 44.3 Å². The van der Waals surface area contributed by atoms with Gasteiger partial charge in [-0.3, -0.25) is 4.68 Å². The molecule has 1 aromatic rings. The van der Waals surface area contributed by atoms with Gasteiger partial charge < -0.3 is 14.9 Å². The van der Waals surface area contributed by atoms with E-state index < -0.39 is 0 Å². The molecular formula is C16H30N4O. The molecule has 0 aromatic carbocycles. The molecule has 3 atom stereocenters. The van der Waals surface area contributed by atoms with Gasteiger partial charge in [-0.05, 0) is 39.9 Å². The Labute approximate surface area is 128 Å². The number of hydrogen-bond acceptors (Lipinski definition) is 4. The first-order valence-electron chi connectivity index (χ1n) is 8.10. The second-order valence-corrected chi connectivity index (χ2v) is 6.53. The highest BCUT2D eigenvalue weighted by Crippen LogP contribution is 2.15. The van der Waals surface area contributed by atoms with Crippen LogP contribution in [0.4, 0.5) is 0 Å². The number of likely N-dealkylation sites (N-methyl/N-ethyl adjacent to an activating group) is 2. The standard InChI is InChI=1S/C16H30N4O/c1-5-13(2)20-7-6-14(17-20)10-16(21)11-15-12-18(3)8-9-19(15)4/h6-7,13,15-16,21H,5,8-12H2,1-4H3. The lowest BCUT2D eigenvalue weighted by molar-refractivity contribution is 0.0635. The molecule has 0 spiro atoms. The quantitative estimate of drug-likeness (QED) is 0.861. The van der Waals surface area contributed by atoms with Crippen molar-refractivity contribution in [1.29, 1.82) is 0 Å². The molecule has 5 heteroatoms. The van der Waals surface area contributed by atoms with Crippen molar-refractivity contribution in [3.8, 4) is 0 Å². The van der Waals surface area contributed by atoms with E-state index in [2.05, 4.69) is 42.8 Å². The molecule has 120 valence electrons. The molecule has 0 bridgehead atoms. The predicted octanol–water partition coefficient (Wildman–Crippen LogP) is 1.39. The first-order chi connectivity index (χ1) is 9.99. The van der Waals surface area contributed by atoms with E-state index in [4.69, 9.17) is 0 Å². The molecule has 21 heavy (non-hydrogen) atoms. The van der Waals surface area contributed by atoms with Gasteiger partial charge in [0.2, 0.25) is 0 Å². The van der Waals surface area contributed by atoms with Crippen LogP contribution in [0.3, 0.4) is 0 Å². The zero-order valence-electron chi connectivity index (χ0n) is 13.9. The van der Waals surface area contributed by atoms with Crippen LogP contribution in [0.15, 0.2) is 12.3 Å². The number of piperazine rings is 1. The van der Waals surface area contributed by atoms with Crippen molar-refractivity contribution in [2.45, 2.75) is 51.3 Å². The number of rotatable bonds is 6. The van der Waals surface area contributed by atoms with E-state index in [9.17, 15) is 5.11 Å². The molecule has 0 amide bonds. The zero-order chi connectivity index (χ0) is 15.4. The third-order valence-electron chi connectivity index (χ3n) is 4.68. The fourth-order valence-electron chi connectivity index (χ4n) is 2.91. The molecule has 1 aromatic heterocycles. The van der Waals surface area contributed by atoms with Crippen molar-refractivity contribution in [3.05, 3.63) is 18.0 Å². The van der Waals surface area contributed by atoms with Gasteiger partial charge in [0.05, 0.1) is 11.8 Å². The Balaban J connectivity index is 1.86. The summed E-state index contributed by atoms with van der Waals surface area (Å²) in [6.45, 7) is 7.56. The molecule has 1 saturated heterocycles. The van der Waals surface area contributed by atoms with Crippen LogP contribution in [0.25, 0.3) is 0 Å². The lowest BCUT2D eigenvalue weighted by atomic mass is 10.0. The third kappa shape index (κ3) is 4.53. The Morgan fingerprint density at radius 1 is 1.38 bits per heavy atom. The molecule has 0 radical (unpaired) electrons. The number of hydrogen-bond donors (Lipinski definition) is 1. The maximum absolute atomic E-state index is 10.4. The number of aromatic nitrogens is 2. The summed E-state index contributed by atoms with van der Waals surface area (Å²) in [5.74, 6) is 0. The van der Waals surface area contributed by atoms with Crippen LogP contribution in [0.1, 0.15) is 38.4 Å². The highest BCUT2D eigenvalue weighted by molar-refractivity contribution is 5.01. The van der Waals surface area contributed by atoms with Gasteiger partial charge in [-0.1, -0.05) is 6.92 Å². The second kappa shape index (κ2) is 7.38. The van der Waals surface area contributed by atoms with Gasteiger partial charge in [0.25, 0.3) is 0 Å². The van der Waals surface area contributed by atoms with E-state index >= 15 is 0 Å². The average Bonchev–Trinajstić information content (AvgIpc) is 2.90. The van der Waals surface area contributed by atoms with E-state index in [1.807, 2.05) is 16.9 Å². The molecule has 5 nitrogen and oxygen atoms in total. The number of aliphatic hydroxyl groups excluding tert-OH is 1. The Bertz CT molecular complexity index is 434. The Morgan fingerprint density at radius 2 is 2.14 bits per heavy atom. The zero-order valence-corrected chi connectivity index (χ0v) is 13.9. The molecule has 0 saturated carbocycles. The van der Waals surface area contributed by atoms with E-state index in [0.29, 0.717) is 18.5 Å². The van der Waals surface area contributed by atoms with Crippen molar-refractivity contribution >= 4 is 0 Å². The molecule has 0 aliphatic carbocycles.